The first-order valence-electron chi connectivity index (χ1n) is 8.06. The normalized spacial score (nSPS) is 14.6. The summed E-state index contributed by atoms with van der Waals surface area (Å²) >= 11 is 1.79. The van der Waals surface area contributed by atoms with Crippen molar-refractivity contribution in [1.82, 2.24) is 10.6 Å². The van der Waals surface area contributed by atoms with Crippen LogP contribution in [0.4, 0.5) is 0 Å². The monoisotopic (exact) mass is 461 g/mol. The van der Waals surface area contributed by atoms with Crippen LogP contribution >= 0.6 is 35.7 Å². The van der Waals surface area contributed by atoms with Gasteiger partial charge in [-0.25, -0.2) is 0 Å². The first-order valence-corrected chi connectivity index (χ1v) is 9.29. The first kappa shape index (κ1) is 21.3. The fourth-order valence-corrected chi connectivity index (χ4v) is 3.24. The van der Waals surface area contributed by atoms with Crippen LogP contribution in [-0.4, -0.2) is 39.0 Å². The predicted molar refractivity (Wildman–Crippen MR) is 115 cm³/mol. The molecule has 1 aromatic rings. The summed E-state index contributed by atoms with van der Waals surface area (Å²) in [6.45, 7) is 5.42. The molecular formula is C18H28IN3OS. The van der Waals surface area contributed by atoms with E-state index in [2.05, 4.69) is 53.1 Å². The lowest BCUT2D eigenvalue weighted by Gasteiger charge is -2.16. The van der Waals surface area contributed by atoms with Gasteiger partial charge in [-0.05, 0) is 43.2 Å². The molecule has 0 atom stereocenters. The van der Waals surface area contributed by atoms with Gasteiger partial charge in [0, 0.05) is 25.0 Å². The zero-order valence-corrected chi connectivity index (χ0v) is 17.9. The first-order chi connectivity index (χ1) is 11.2. The summed E-state index contributed by atoms with van der Waals surface area (Å²) in [6, 6.07) is 6.58. The molecule has 0 radical (unpaired) electrons. The summed E-state index contributed by atoms with van der Waals surface area (Å²) in [5.74, 6) is 0.852. The summed E-state index contributed by atoms with van der Waals surface area (Å²) in [5, 5.41) is 6.79. The lowest BCUT2D eigenvalue weighted by molar-refractivity contribution is 0.153. The topological polar surface area (TPSA) is 45.7 Å². The largest absolute Gasteiger partial charge is 0.377 e. The second-order valence-corrected chi connectivity index (χ2v) is 6.45. The molecule has 0 spiro atoms. The van der Waals surface area contributed by atoms with E-state index in [1.165, 1.54) is 21.6 Å². The third-order valence-electron chi connectivity index (χ3n) is 3.91. The smallest absolute Gasteiger partial charge is 0.191 e. The van der Waals surface area contributed by atoms with Gasteiger partial charge >= 0.3 is 0 Å². The summed E-state index contributed by atoms with van der Waals surface area (Å²) < 4.78 is 5.33. The quantitative estimate of drug-likeness (QED) is 0.223. The number of aliphatic imine (C=N–C) groups is 1. The van der Waals surface area contributed by atoms with E-state index in [4.69, 9.17) is 4.74 Å². The molecule has 24 heavy (non-hydrogen) atoms. The van der Waals surface area contributed by atoms with E-state index in [1.54, 1.807) is 11.8 Å². The van der Waals surface area contributed by atoms with E-state index >= 15 is 0 Å². The summed E-state index contributed by atoms with van der Waals surface area (Å²) in [4.78, 5) is 5.62. The minimum absolute atomic E-state index is 0. The molecule has 0 aromatic heterocycles. The van der Waals surface area contributed by atoms with Crippen molar-refractivity contribution in [2.24, 2.45) is 4.99 Å². The Kier molecular flexibility index (Phi) is 10.4. The second-order valence-electron chi connectivity index (χ2n) is 5.61. The van der Waals surface area contributed by atoms with Gasteiger partial charge in [-0.1, -0.05) is 23.8 Å². The van der Waals surface area contributed by atoms with Crippen molar-refractivity contribution in [2.75, 3.05) is 33.1 Å². The van der Waals surface area contributed by atoms with Crippen LogP contribution in [0.2, 0.25) is 0 Å². The van der Waals surface area contributed by atoms with E-state index < -0.39 is 0 Å². The number of nitrogens with zero attached hydrogens (tertiary/aromatic N) is 1. The molecular weight excluding hydrogens is 433 g/mol. The van der Waals surface area contributed by atoms with Gasteiger partial charge in [-0.3, -0.25) is 4.99 Å². The van der Waals surface area contributed by atoms with Crippen molar-refractivity contribution in [3.8, 4) is 0 Å². The molecule has 1 heterocycles. The number of aryl methyl sites for hydroxylation is 1. The number of rotatable bonds is 6. The molecule has 1 aromatic carbocycles. The van der Waals surface area contributed by atoms with Crippen molar-refractivity contribution in [2.45, 2.75) is 31.2 Å². The van der Waals surface area contributed by atoms with Crippen LogP contribution in [0, 0.1) is 6.92 Å². The van der Waals surface area contributed by atoms with Crippen LogP contribution < -0.4 is 10.6 Å². The van der Waals surface area contributed by atoms with Crippen LogP contribution in [0.15, 0.2) is 39.7 Å². The molecule has 0 fully saturated rings. The van der Waals surface area contributed by atoms with E-state index in [-0.39, 0.29) is 24.0 Å². The van der Waals surface area contributed by atoms with Crippen LogP contribution in [0.5, 0.6) is 0 Å². The van der Waals surface area contributed by atoms with Crippen molar-refractivity contribution >= 4 is 41.7 Å². The molecule has 0 amide bonds. The molecule has 6 heteroatoms. The highest BCUT2D eigenvalue weighted by molar-refractivity contribution is 14.0. The Balaban J connectivity index is 0.00000288. The Hall–Kier alpha value is -0.730. The van der Waals surface area contributed by atoms with Crippen molar-refractivity contribution in [1.29, 1.82) is 0 Å². The molecule has 0 bridgehead atoms. The molecule has 2 rings (SSSR count). The zero-order valence-electron chi connectivity index (χ0n) is 14.7. The molecule has 0 saturated carbocycles. The van der Waals surface area contributed by atoms with Gasteiger partial charge in [-0.15, -0.1) is 35.7 Å². The summed E-state index contributed by atoms with van der Waals surface area (Å²) in [7, 11) is 1.81. The maximum atomic E-state index is 5.33. The number of benzene rings is 1. The fourth-order valence-electron chi connectivity index (χ4n) is 2.53. The van der Waals surface area contributed by atoms with E-state index in [1.807, 2.05) is 7.05 Å². The van der Waals surface area contributed by atoms with Gasteiger partial charge in [0.05, 0.1) is 13.2 Å². The highest BCUT2D eigenvalue weighted by Crippen LogP contribution is 2.21. The summed E-state index contributed by atoms with van der Waals surface area (Å²) in [6.07, 6.45) is 6.41. The fraction of sp³-hybridized carbons (Fsp3) is 0.500. The minimum atomic E-state index is 0. The van der Waals surface area contributed by atoms with Crippen LogP contribution in [0.1, 0.15) is 24.0 Å². The Labute approximate surface area is 166 Å². The number of thioether (sulfide) groups is 1. The lowest BCUT2D eigenvalue weighted by Crippen LogP contribution is -2.37. The Morgan fingerprint density at radius 3 is 2.83 bits per heavy atom. The van der Waals surface area contributed by atoms with Gasteiger partial charge in [0.1, 0.15) is 0 Å². The third kappa shape index (κ3) is 7.03. The number of nitrogens with one attached hydrogen (secondary N) is 2. The highest BCUT2D eigenvalue weighted by Gasteiger charge is 2.06. The minimum Gasteiger partial charge on any atom is -0.377 e. The van der Waals surface area contributed by atoms with Gasteiger partial charge in [0.15, 0.2) is 5.96 Å². The molecule has 0 unspecified atom stereocenters. The van der Waals surface area contributed by atoms with Gasteiger partial charge < -0.3 is 15.4 Å². The second kappa shape index (κ2) is 11.8. The number of guanidine groups is 1. The van der Waals surface area contributed by atoms with E-state index in [9.17, 15) is 0 Å². The van der Waals surface area contributed by atoms with Gasteiger partial charge in [0.2, 0.25) is 0 Å². The third-order valence-corrected chi connectivity index (χ3v) is 4.73. The van der Waals surface area contributed by atoms with Gasteiger partial charge in [-0.2, -0.15) is 0 Å². The average molecular weight is 461 g/mol. The van der Waals surface area contributed by atoms with Crippen LogP contribution in [-0.2, 0) is 11.3 Å². The molecule has 0 aliphatic carbocycles. The maximum Gasteiger partial charge on any atom is 0.191 e. The molecule has 0 saturated heterocycles. The Morgan fingerprint density at radius 1 is 1.33 bits per heavy atom. The van der Waals surface area contributed by atoms with Crippen molar-refractivity contribution in [3.05, 3.63) is 41.0 Å². The number of hydrogen-bond acceptors (Lipinski definition) is 3. The SMILES string of the molecule is CN=C(NCCC1=CCOCC1)NCc1ccc(C)cc1SC.I. The van der Waals surface area contributed by atoms with Crippen LogP contribution in [0.3, 0.4) is 0 Å². The molecule has 4 nitrogen and oxygen atoms in total. The van der Waals surface area contributed by atoms with Crippen LogP contribution in [0.25, 0.3) is 0 Å². The Bertz CT molecular complexity index is 575. The number of halogens is 1. The number of ether oxygens (including phenoxy) is 1. The standard InChI is InChI=1S/C18H27N3OS.HI/c1-14-4-5-16(17(12-14)23-3)13-21-18(19-2)20-9-6-15-7-10-22-11-8-15;/h4-5,7,12H,6,8-11,13H2,1-3H3,(H2,19,20,21);1H. The van der Waals surface area contributed by atoms with Crippen molar-refractivity contribution in [3.63, 3.8) is 0 Å². The maximum absolute atomic E-state index is 5.33. The van der Waals surface area contributed by atoms with E-state index in [0.29, 0.717) is 0 Å². The zero-order chi connectivity index (χ0) is 16.5. The average Bonchev–Trinajstić information content (AvgIpc) is 2.59. The molecule has 134 valence electrons. The molecule has 1 aliphatic rings. The predicted octanol–water partition coefficient (Wildman–Crippen LogP) is 3.74. The van der Waals surface area contributed by atoms with Gasteiger partial charge in [0.25, 0.3) is 0 Å². The summed E-state index contributed by atoms with van der Waals surface area (Å²) in [5.41, 5.74) is 4.07. The number of hydrogen-bond donors (Lipinski definition) is 2. The molecule has 2 N–H and O–H groups in total. The van der Waals surface area contributed by atoms with Crippen molar-refractivity contribution < 1.29 is 4.74 Å². The Morgan fingerprint density at radius 2 is 2.17 bits per heavy atom. The lowest BCUT2D eigenvalue weighted by atomic mass is 10.1. The van der Waals surface area contributed by atoms with E-state index in [0.717, 1.165) is 45.1 Å². The molecule has 1 aliphatic heterocycles. The highest BCUT2D eigenvalue weighted by atomic mass is 127.